The minimum atomic E-state index is -0.0930. The molecule has 3 fully saturated rings. The second kappa shape index (κ2) is 4.58. The van der Waals surface area contributed by atoms with Gasteiger partial charge in [0.2, 0.25) is 5.91 Å². The average Bonchev–Trinajstić information content (AvgIpc) is 2.79. The van der Waals surface area contributed by atoms with Crippen LogP contribution in [0.25, 0.3) is 0 Å². The average molecular weight is 238 g/mol. The van der Waals surface area contributed by atoms with Crippen molar-refractivity contribution in [3.05, 3.63) is 0 Å². The van der Waals surface area contributed by atoms with Crippen LogP contribution >= 0.6 is 0 Å². The van der Waals surface area contributed by atoms with Crippen molar-refractivity contribution >= 4 is 5.91 Å². The van der Waals surface area contributed by atoms with Crippen LogP contribution in [0, 0.1) is 11.8 Å². The molecule has 4 unspecified atom stereocenters. The molecule has 0 aromatic rings. The van der Waals surface area contributed by atoms with Gasteiger partial charge in [0.1, 0.15) is 0 Å². The third-order valence-corrected chi connectivity index (χ3v) is 4.82. The Morgan fingerprint density at radius 3 is 2.94 bits per heavy atom. The molecule has 4 heteroatoms. The second-order valence-electron chi connectivity index (χ2n) is 5.87. The van der Waals surface area contributed by atoms with E-state index in [-0.39, 0.29) is 12.0 Å². The number of nitrogens with zero attached hydrogens (tertiary/aromatic N) is 1. The fourth-order valence-electron chi connectivity index (χ4n) is 3.83. The van der Waals surface area contributed by atoms with Gasteiger partial charge in [-0.2, -0.15) is 0 Å². The van der Waals surface area contributed by atoms with Crippen LogP contribution in [0.15, 0.2) is 0 Å². The number of amides is 1. The van der Waals surface area contributed by atoms with Crippen molar-refractivity contribution in [1.82, 2.24) is 10.2 Å². The molecule has 0 spiro atoms. The van der Waals surface area contributed by atoms with Gasteiger partial charge < -0.3 is 10.4 Å². The molecule has 2 heterocycles. The first-order valence-corrected chi connectivity index (χ1v) is 6.93. The molecule has 0 radical (unpaired) electrons. The maximum absolute atomic E-state index is 11.6. The van der Waals surface area contributed by atoms with Crippen LogP contribution in [-0.4, -0.2) is 47.7 Å². The Labute approximate surface area is 102 Å². The Hall–Kier alpha value is -0.610. The topological polar surface area (TPSA) is 52.6 Å². The molecular weight excluding hydrogens is 216 g/mol. The summed E-state index contributed by atoms with van der Waals surface area (Å²) in [5, 5.41) is 12.9. The molecule has 0 aromatic heterocycles. The summed E-state index contributed by atoms with van der Waals surface area (Å²) < 4.78 is 0. The molecule has 3 aliphatic rings. The predicted octanol–water partition coefficient (Wildman–Crippen LogP) is 0.358. The Morgan fingerprint density at radius 2 is 2.12 bits per heavy atom. The first-order valence-electron chi connectivity index (χ1n) is 6.93. The van der Waals surface area contributed by atoms with Gasteiger partial charge in [0, 0.05) is 38.0 Å². The number of hydrogen-bond donors (Lipinski definition) is 2. The number of aliphatic hydroxyl groups is 1. The highest BCUT2D eigenvalue weighted by Gasteiger charge is 2.43. The maximum atomic E-state index is 11.6. The zero-order valence-electron chi connectivity index (χ0n) is 10.3. The summed E-state index contributed by atoms with van der Waals surface area (Å²) in [5.74, 6) is 1.35. The molecule has 0 aromatic carbocycles. The third-order valence-electron chi connectivity index (χ3n) is 4.82. The number of carbonyl (C=O) groups excluding carboxylic acids is 1. The van der Waals surface area contributed by atoms with Crippen molar-refractivity contribution in [2.75, 3.05) is 19.6 Å². The Balaban J connectivity index is 1.63. The largest absolute Gasteiger partial charge is 0.393 e. The van der Waals surface area contributed by atoms with Gasteiger partial charge in [-0.15, -0.1) is 0 Å². The highest BCUT2D eigenvalue weighted by atomic mass is 16.3. The van der Waals surface area contributed by atoms with E-state index in [1.54, 1.807) is 0 Å². The number of nitrogens with one attached hydrogen (secondary N) is 1. The molecule has 2 saturated heterocycles. The normalized spacial score (nSPS) is 43.2. The van der Waals surface area contributed by atoms with Gasteiger partial charge in [0.15, 0.2) is 0 Å². The number of aliphatic hydroxyl groups excluding tert-OH is 1. The maximum Gasteiger partial charge on any atom is 0.221 e. The quantitative estimate of drug-likeness (QED) is 0.693. The van der Waals surface area contributed by atoms with Crippen LogP contribution in [0.5, 0.6) is 0 Å². The summed E-state index contributed by atoms with van der Waals surface area (Å²) in [6, 6.07) is 0.412. The standard InChI is InChI=1S/C13H22N2O2/c16-12-4-3-9-7-15(8-11(9)12)10-2-1-5-14-13(17)6-10/h9-12,16H,1-8H2,(H,14,17). The van der Waals surface area contributed by atoms with Gasteiger partial charge in [-0.05, 0) is 31.6 Å². The first kappa shape index (κ1) is 11.5. The summed E-state index contributed by atoms with van der Waals surface area (Å²) in [6.45, 7) is 2.93. The number of carbonyl (C=O) groups is 1. The van der Waals surface area contributed by atoms with Crippen LogP contribution in [-0.2, 0) is 4.79 Å². The number of hydrogen-bond acceptors (Lipinski definition) is 3. The van der Waals surface area contributed by atoms with Gasteiger partial charge in [-0.1, -0.05) is 0 Å². The molecule has 2 N–H and O–H groups in total. The molecule has 4 nitrogen and oxygen atoms in total. The molecule has 1 aliphatic carbocycles. The molecule has 0 bridgehead atoms. The van der Waals surface area contributed by atoms with Crippen molar-refractivity contribution in [1.29, 1.82) is 0 Å². The highest BCUT2D eigenvalue weighted by molar-refractivity contribution is 5.76. The minimum Gasteiger partial charge on any atom is -0.393 e. The fourth-order valence-corrected chi connectivity index (χ4v) is 3.83. The van der Waals surface area contributed by atoms with Gasteiger partial charge in [0.25, 0.3) is 0 Å². The van der Waals surface area contributed by atoms with E-state index in [1.165, 1.54) is 6.42 Å². The van der Waals surface area contributed by atoms with E-state index in [2.05, 4.69) is 10.2 Å². The monoisotopic (exact) mass is 238 g/mol. The summed E-state index contributed by atoms with van der Waals surface area (Å²) in [5.41, 5.74) is 0. The van der Waals surface area contributed by atoms with Gasteiger partial charge in [0.05, 0.1) is 6.10 Å². The molecule has 2 aliphatic heterocycles. The van der Waals surface area contributed by atoms with E-state index in [1.807, 2.05) is 0 Å². The zero-order chi connectivity index (χ0) is 11.8. The predicted molar refractivity (Wildman–Crippen MR) is 64.4 cm³/mol. The summed E-state index contributed by atoms with van der Waals surface area (Å²) in [4.78, 5) is 14.0. The lowest BCUT2D eigenvalue weighted by Gasteiger charge is -2.27. The SMILES string of the molecule is O=C1CC(N2CC3CCC(O)C3C2)CCCN1. The van der Waals surface area contributed by atoms with Gasteiger partial charge >= 0.3 is 0 Å². The van der Waals surface area contributed by atoms with Gasteiger partial charge in [-0.3, -0.25) is 9.69 Å². The number of fused-ring (bicyclic) bond motifs is 1. The van der Waals surface area contributed by atoms with Crippen molar-refractivity contribution in [3.8, 4) is 0 Å². The van der Waals surface area contributed by atoms with Crippen molar-refractivity contribution in [2.45, 2.75) is 44.2 Å². The van der Waals surface area contributed by atoms with Crippen LogP contribution < -0.4 is 5.32 Å². The minimum absolute atomic E-state index is 0.0930. The van der Waals surface area contributed by atoms with Crippen molar-refractivity contribution in [3.63, 3.8) is 0 Å². The smallest absolute Gasteiger partial charge is 0.221 e. The molecule has 4 atom stereocenters. The lowest BCUT2D eigenvalue weighted by molar-refractivity contribution is -0.121. The van der Waals surface area contributed by atoms with Crippen molar-refractivity contribution in [2.24, 2.45) is 11.8 Å². The number of likely N-dealkylation sites (tertiary alicyclic amines) is 1. The third kappa shape index (κ3) is 2.20. The Bertz CT molecular complexity index is 308. The van der Waals surface area contributed by atoms with E-state index in [9.17, 15) is 9.90 Å². The molecule has 3 rings (SSSR count). The molecular formula is C13H22N2O2. The van der Waals surface area contributed by atoms with E-state index < -0.39 is 0 Å². The van der Waals surface area contributed by atoms with Crippen LogP contribution in [0.1, 0.15) is 32.1 Å². The Morgan fingerprint density at radius 1 is 1.24 bits per heavy atom. The lowest BCUT2D eigenvalue weighted by atomic mass is 10.00. The van der Waals surface area contributed by atoms with Crippen LogP contribution in [0.4, 0.5) is 0 Å². The summed E-state index contributed by atoms with van der Waals surface area (Å²) in [6.07, 6.45) is 4.91. The summed E-state index contributed by atoms with van der Waals surface area (Å²) >= 11 is 0. The molecule has 96 valence electrons. The van der Waals surface area contributed by atoms with E-state index >= 15 is 0 Å². The van der Waals surface area contributed by atoms with E-state index in [0.717, 1.165) is 38.9 Å². The van der Waals surface area contributed by atoms with Gasteiger partial charge in [-0.25, -0.2) is 0 Å². The number of rotatable bonds is 1. The lowest BCUT2D eigenvalue weighted by Crippen LogP contribution is -2.37. The zero-order valence-corrected chi connectivity index (χ0v) is 10.3. The van der Waals surface area contributed by atoms with Crippen molar-refractivity contribution < 1.29 is 9.90 Å². The van der Waals surface area contributed by atoms with Crippen LogP contribution in [0.3, 0.4) is 0 Å². The molecule has 1 saturated carbocycles. The Kier molecular flexibility index (Phi) is 3.09. The first-order chi connectivity index (χ1) is 8.24. The van der Waals surface area contributed by atoms with E-state index in [4.69, 9.17) is 0 Å². The van der Waals surface area contributed by atoms with Crippen LogP contribution in [0.2, 0.25) is 0 Å². The van der Waals surface area contributed by atoms with E-state index in [0.29, 0.717) is 24.3 Å². The highest BCUT2D eigenvalue weighted by Crippen LogP contribution is 2.39. The second-order valence-corrected chi connectivity index (χ2v) is 5.87. The summed E-state index contributed by atoms with van der Waals surface area (Å²) in [7, 11) is 0. The molecule has 1 amide bonds. The fraction of sp³-hybridized carbons (Fsp3) is 0.923. The molecule has 17 heavy (non-hydrogen) atoms.